The smallest absolute Gasteiger partial charge is 0.265 e. The van der Waals surface area contributed by atoms with Crippen LogP contribution in [0.25, 0.3) is 0 Å². The normalized spacial score (nSPS) is 15.8. The van der Waals surface area contributed by atoms with Crippen molar-refractivity contribution in [3.05, 3.63) is 48.3 Å². The van der Waals surface area contributed by atoms with Crippen LogP contribution >= 0.6 is 0 Å². The first-order valence-corrected chi connectivity index (χ1v) is 7.32. The van der Waals surface area contributed by atoms with Crippen molar-refractivity contribution >= 4 is 23.2 Å². The highest BCUT2D eigenvalue weighted by molar-refractivity contribution is 6.04. The lowest BCUT2D eigenvalue weighted by Crippen LogP contribution is -2.35. The maximum absolute atomic E-state index is 13.5. The summed E-state index contributed by atoms with van der Waals surface area (Å²) in [7, 11) is 0. The zero-order valence-corrected chi connectivity index (χ0v) is 12.8. The molecule has 1 aliphatic heterocycles. The molecule has 0 fully saturated rings. The molecular formula is C17H15FN2O4. The van der Waals surface area contributed by atoms with Crippen LogP contribution in [0.1, 0.15) is 6.92 Å². The fourth-order valence-corrected chi connectivity index (χ4v) is 2.22. The number of halogens is 1. The Morgan fingerprint density at radius 2 is 2.08 bits per heavy atom. The zero-order chi connectivity index (χ0) is 17.1. The number of hydrogen-bond donors (Lipinski definition) is 2. The van der Waals surface area contributed by atoms with Crippen LogP contribution in [0, 0.1) is 5.82 Å². The van der Waals surface area contributed by atoms with Crippen molar-refractivity contribution in [2.24, 2.45) is 0 Å². The van der Waals surface area contributed by atoms with Crippen molar-refractivity contribution < 1.29 is 23.5 Å². The summed E-state index contributed by atoms with van der Waals surface area (Å²) in [6, 6.07) is 10.8. The highest BCUT2D eigenvalue weighted by Crippen LogP contribution is 2.36. The van der Waals surface area contributed by atoms with E-state index in [1.807, 2.05) is 0 Å². The summed E-state index contributed by atoms with van der Waals surface area (Å²) in [4.78, 5) is 23.7. The van der Waals surface area contributed by atoms with Crippen molar-refractivity contribution in [2.75, 3.05) is 17.2 Å². The monoisotopic (exact) mass is 330 g/mol. The standard InChI is InChI=1S/C17H15FN2O4/c1-10-17(22)20-16-12(6-4-8-14(16)24-10)19-15(21)9-23-13-7-3-2-5-11(13)18/h2-8,10H,9H2,1H3,(H,19,21)(H,20,22). The molecule has 0 saturated carbocycles. The molecule has 7 heteroatoms. The quantitative estimate of drug-likeness (QED) is 0.903. The number of para-hydroxylation sites is 2. The highest BCUT2D eigenvalue weighted by atomic mass is 19.1. The average Bonchev–Trinajstić information content (AvgIpc) is 2.56. The third kappa shape index (κ3) is 3.29. The number of rotatable bonds is 4. The molecule has 1 heterocycles. The van der Waals surface area contributed by atoms with E-state index in [1.54, 1.807) is 31.2 Å². The van der Waals surface area contributed by atoms with Gasteiger partial charge in [-0.2, -0.15) is 0 Å². The van der Waals surface area contributed by atoms with Crippen molar-refractivity contribution in [3.63, 3.8) is 0 Å². The van der Waals surface area contributed by atoms with Crippen LogP contribution in [0.5, 0.6) is 11.5 Å². The van der Waals surface area contributed by atoms with E-state index in [1.165, 1.54) is 18.2 Å². The van der Waals surface area contributed by atoms with Gasteiger partial charge in [-0.15, -0.1) is 0 Å². The second-order valence-corrected chi connectivity index (χ2v) is 5.20. The van der Waals surface area contributed by atoms with E-state index in [0.29, 0.717) is 17.1 Å². The summed E-state index contributed by atoms with van der Waals surface area (Å²) in [5.74, 6) is -0.869. The van der Waals surface area contributed by atoms with E-state index in [0.717, 1.165) is 0 Å². The predicted molar refractivity (Wildman–Crippen MR) is 85.7 cm³/mol. The maximum Gasteiger partial charge on any atom is 0.265 e. The topological polar surface area (TPSA) is 76.7 Å². The fourth-order valence-electron chi connectivity index (χ4n) is 2.22. The number of hydrogen-bond acceptors (Lipinski definition) is 4. The minimum atomic E-state index is -0.604. The second-order valence-electron chi connectivity index (χ2n) is 5.20. The van der Waals surface area contributed by atoms with Gasteiger partial charge in [-0.3, -0.25) is 9.59 Å². The average molecular weight is 330 g/mol. The molecule has 0 aromatic heterocycles. The minimum absolute atomic E-state index is 0.00629. The molecule has 124 valence electrons. The summed E-state index contributed by atoms with van der Waals surface area (Å²) in [6.07, 6.45) is -0.604. The molecule has 0 spiro atoms. The highest BCUT2D eigenvalue weighted by Gasteiger charge is 2.25. The lowest BCUT2D eigenvalue weighted by molar-refractivity contribution is -0.122. The number of carbonyl (C=O) groups is 2. The van der Waals surface area contributed by atoms with Crippen LogP contribution in [0.2, 0.25) is 0 Å². The molecule has 0 bridgehead atoms. The van der Waals surface area contributed by atoms with Crippen molar-refractivity contribution in [2.45, 2.75) is 13.0 Å². The zero-order valence-electron chi connectivity index (χ0n) is 12.8. The van der Waals surface area contributed by atoms with Crippen LogP contribution in [0.15, 0.2) is 42.5 Å². The minimum Gasteiger partial charge on any atom is -0.481 e. The molecule has 0 radical (unpaired) electrons. The van der Waals surface area contributed by atoms with E-state index in [4.69, 9.17) is 9.47 Å². The molecule has 1 aliphatic rings. The Hall–Kier alpha value is -3.09. The summed E-state index contributed by atoms with van der Waals surface area (Å²) < 4.78 is 24.1. The van der Waals surface area contributed by atoms with Gasteiger partial charge in [0.1, 0.15) is 11.4 Å². The number of nitrogens with one attached hydrogen (secondary N) is 2. The van der Waals surface area contributed by atoms with Gasteiger partial charge in [0.15, 0.2) is 24.3 Å². The van der Waals surface area contributed by atoms with E-state index < -0.39 is 17.8 Å². The third-order valence-electron chi connectivity index (χ3n) is 3.42. The van der Waals surface area contributed by atoms with Gasteiger partial charge in [0.25, 0.3) is 11.8 Å². The Bertz CT molecular complexity index is 794. The largest absolute Gasteiger partial charge is 0.481 e. The number of benzene rings is 2. The summed E-state index contributed by atoms with van der Waals surface area (Å²) in [6.45, 7) is 1.27. The molecule has 0 aliphatic carbocycles. The molecular weight excluding hydrogens is 315 g/mol. The first kappa shape index (κ1) is 15.8. The Morgan fingerprint density at radius 3 is 2.88 bits per heavy atom. The SMILES string of the molecule is CC1Oc2cccc(NC(=O)COc3ccccc3F)c2NC1=O. The second kappa shape index (κ2) is 6.57. The molecule has 2 amide bonds. The van der Waals surface area contributed by atoms with Crippen LogP contribution in [0.3, 0.4) is 0 Å². The molecule has 6 nitrogen and oxygen atoms in total. The van der Waals surface area contributed by atoms with Gasteiger partial charge in [0, 0.05) is 0 Å². The molecule has 1 atom stereocenters. The lowest BCUT2D eigenvalue weighted by atomic mass is 10.2. The van der Waals surface area contributed by atoms with E-state index in [2.05, 4.69) is 10.6 Å². The maximum atomic E-state index is 13.5. The van der Waals surface area contributed by atoms with Gasteiger partial charge in [-0.1, -0.05) is 18.2 Å². The molecule has 24 heavy (non-hydrogen) atoms. The predicted octanol–water partition coefficient (Wildman–Crippen LogP) is 2.56. The molecule has 2 aromatic carbocycles. The number of carbonyl (C=O) groups excluding carboxylic acids is 2. The summed E-state index contributed by atoms with van der Waals surface area (Å²) in [5.41, 5.74) is 0.773. The number of amides is 2. The van der Waals surface area contributed by atoms with Gasteiger partial charge < -0.3 is 20.1 Å². The van der Waals surface area contributed by atoms with Crippen LogP contribution < -0.4 is 20.1 Å². The van der Waals surface area contributed by atoms with Crippen molar-refractivity contribution in [1.82, 2.24) is 0 Å². The molecule has 3 rings (SSSR count). The van der Waals surface area contributed by atoms with Crippen LogP contribution in [-0.4, -0.2) is 24.5 Å². The van der Waals surface area contributed by atoms with E-state index in [-0.39, 0.29) is 18.3 Å². The van der Waals surface area contributed by atoms with Gasteiger partial charge >= 0.3 is 0 Å². The molecule has 1 unspecified atom stereocenters. The molecule has 2 N–H and O–H groups in total. The lowest BCUT2D eigenvalue weighted by Gasteiger charge is -2.25. The van der Waals surface area contributed by atoms with Gasteiger partial charge in [-0.25, -0.2) is 4.39 Å². The summed E-state index contributed by atoms with van der Waals surface area (Å²) >= 11 is 0. The van der Waals surface area contributed by atoms with Crippen molar-refractivity contribution in [3.8, 4) is 11.5 Å². The van der Waals surface area contributed by atoms with Crippen LogP contribution in [0.4, 0.5) is 15.8 Å². The molecule has 0 saturated heterocycles. The first-order chi connectivity index (χ1) is 11.5. The van der Waals surface area contributed by atoms with Gasteiger partial charge in [-0.05, 0) is 31.2 Å². The Balaban J connectivity index is 1.68. The van der Waals surface area contributed by atoms with Crippen molar-refractivity contribution in [1.29, 1.82) is 0 Å². The van der Waals surface area contributed by atoms with E-state index >= 15 is 0 Å². The first-order valence-electron chi connectivity index (χ1n) is 7.32. The van der Waals surface area contributed by atoms with Crippen LogP contribution in [-0.2, 0) is 9.59 Å². The van der Waals surface area contributed by atoms with Gasteiger partial charge in [0.05, 0.1) is 5.69 Å². The number of ether oxygens (including phenoxy) is 2. The van der Waals surface area contributed by atoms with E-state index in [9.17, 15) is 14.0 Å². The Labute approximate surface area is 137 Å². The van der Waals surface area contributed by atoms with Gasteiger partial charge in [0.2, 0.25) is 0 Å². The number of anilines is 2. The summed E-state index contributed by atoms with van der Waals surface area (Å²) in [5, 5.41) is 5.30. The third-order valence-corrected chi connectivity index (χ3v) is 3.42. The number of fused-ring (bicyclic) bond motifs is 1. The Kier molecular flexibility index (Phi) is 4.33. The Morgan fingerprint density at radius 1 is 1.29 bits per heavy atom. The fraction of sp³-hybridized carbons (Fsp3) is 0.176. The molecule has 2 aromatic rings.